The zero-order chi connectivity index (χ0) is 14.5. The molecule has 0 aliphatic heterocycles. The van der Waals surface area contributed by atoms with Gasteiger partial charge in [0.05, 0.1) is 5.71 Å². The Hall–Kier alpha value is -2.16. The number of hydrogen-bond acceptors (Lipinski definition) is 2. The van der Waals surface area contributed by atoms with Gasteiger partial charge in [-0.05, 0) is 50.3 Å². The van der Waals surface area contributed by atoms with Crippen LogP contribution in [-0.2, 0) is 0 Å². The number of nitrogens with one attached hydrogen (secondary N) is 1. The molecule has 104 valence electrons. The molecular weight excluding hydrogens is 248 g/mol. The number of benzene rings is 1. The highest BCUT2D eigenvalue weighted by Crippen LogP contribution is 2.26. The highest BCUT2D eigenvalue weighted by molar-refractivity contribution is 6.02. The number of rotatable bonds is 3. The summed E-state index contributed by atoms with van der Waals surface area (Å²) >= 11 is 0. The van der Waals surface area contributed by atoms with Crippen LogP contribution >= 0.6 is 0 Å². The van der Waals surface area contributed by atoms with E-state index in [1.165, 1.54) is 0 Å². The Morgan fingerprint density at radius 3 is 2.70 bits per heavy atom. The average molecular weight is 268 g/mol. The summed E-state index contributed by atoms with van der Waals surface area (Å²) in [5, 5.41) is 4.28. The van der Waals surface area contributed by atoms with Gasteiger partial charge in [0.25, 0.3) is 5.91 Å². The topological polar surface area (TPSA) is 41.5 Å². The van der Waals surface area contributed by atoms with Gasteiger partial charge in [-0.2, -0.15) is 5.10 Å². The second kappa shape index (κ2) is 6.33. The molecule has 0 spiro atoms. The summed E-state index contributed by atoms with van der Waals surface area (Å²) in [5.74, 6) is 0.245. The van der Waals surface area contributed by atoms with Gasteiger partial charge in [0, 0.05) is 5.56 Å². The Morgan fingerprint density at radius 1 is 1.35 bits per heavy atom. The largest absolute Gasteiger partial charge is 0.271 e. The Bertz CT molecular complexity index is 570. The maximum absolute atomic E-state index is 12.0. The van der Waals surface area contributed by atoms with E-state index in [1.807, 2.05) is 32.0 Å². The third kappa shape index (κ3) is 3.44. The normalized spacial score (nSPS) is 20.4. The van der Waals surface area contributed by atoms with Crippen LogP contribution in [0.25, 0.3) is 0 Å². The third-order valence-corrected chi connectivity index (χ3v) is 3.63. The summed E-state index contributed by atoms with van der Waals surface area (Å²) in [6.07, 6.45) is 4.01. The molecule has 1 atom stereocenters. The molecule has 1 aliphatic carbocycles. The smallest absolute Gasteiger partial charge is 0.267 e. The van der Waals surface area contributed by atoms with Crippen molar-refractivity contribution < 1.29 is 4.79 Å². The van der Waals surface area contributed by atoms with Crippen LogP contribution in [0.4, 0.5) is 0 Å². The number of hydrogen-bond donors (Lipinski definition) is 1. The molecule has 1 aliphatic rings. The van der Waals surface area contributed by atoms with E-state index in [-0.39, 0.29) is 5.91 Å². The molecule has 1 aromatic rings. The third-order valence-electron chi connectivity index (χ3n) is 3.63. The summed E-state index contributed by atoms with van der Waals surface area (Å²) in [6.45, 7) is 8.08. The summed E-state index contributed by atoms with van der Waals surface area (Å²) in [5.41, 5.74) is 6.49. The Labute approximate surface area is 120 Å². The number of carbonyl (C=O) groups excluding carboxylic acids is 1. The maximum Gasteiger partial charge on any atom is 0.271 e. The maximum atomic E-state index is 12.0. The van der Waals surface area contributed by atoms with E-state index in [4.69, 9.17) is 0 Å². The number of nitrogens with zero attached hydrogens (tertiary/aromatic N) is 1. The molecule has 1 amide bonds. The zero-order valence-electron chi connectivity index (χ0n) is 12.0. The van der Waals surface area contributed by atoms with Crippen LogP contribution in [0.2, 0.25) is 0 Å². The first-order chi connectivity index (χ1) is 9.58. The molecular formula is C17H20N2O. The number of amides is 1. The van der Waals surface area contributed by atoms with Crippen molar-refractivity contribution in [2.45, 2.75) is 26.7 Å². The monoisotopic (exact) mass is 268 g/mol. The van der Waals surface area contributed by atoms with Crippen molar-refractivity contribution in [3.05, 3.63) is 59.7 Å². The highest BCUT2D eigenvalue weighted by Gasteiger charge is 2.18. The van der Waals surface area contributed by atoms with E-state index in [0.29, 0.717) is 11.5 Å². The van der Waals surface area contributed by atoms with Gasteiger partial charge < -0.3 is 0 Å². The van der Waals surface area contributed by atoms with Gasteiger partial charge in [-0.15, -0.1) is 0 Å². The lowest BCUT2D eigenvalue weighted by Gasteiger charge is -2.22. The quantitative estimate of drug-likeness (QED) is 0.659. The van der Waals surface area contributed by atoms with Crippen molar-refractivity contribution >= 4 is 11.6 Å². The fraction of sp³-hybridized carbons (Fsp3) is 0.294. The molecule has 0 aromatic heterocycles. The Morgan fingerprint density at radius 2 is 2.05 bits per heavy atom. The van der Waals surface area contributed by atoms with Crippen LogP contribution in [0, 0.1) is 5.92 Å². The van der Waals surface area contributed by atoms with E-state index in [2.05, 4.69) is 23.2 Å². The Kier molecular flexibility index (Phi) is 4.51. The molecule has 0 unspecified atom stereocenters. The van der Waals surface area contributed by atoms with Crippen molar-refractivity contribution in [1.82, 2.24) is 5.43 Å². The molecule has 3 heteroatoms. The van der Waals surface area contributed by atoms with Gasteiger partial charge in [0.15, 0.2) is 0 Å². The summed E-state index contributed by atoms with van der Waals surface area (Å²) < 4.78 is 0. The van der Waals surface area contributed by atoms with Gasteiger partial charge >= 0.3 is 0 Å². The van der Waals surface area contributed by atoms with E-state index in [9.17, 15) is 4.79 Å². The predicted molar refractivity (Wildman–Crippen MR) is 82.6 cm³/mol. The molecule has 0 saturated carbocycles. The Balaban J connectivity index is 2.07. The summed E-state index contributed by atoms with van der Waals surface area (Å²) in [7, 11) is 0. The predicted octanol–water partition coefficient (Wildman–Crippen LogP) is 3.70. The molecule has 0 saturated heterocycles. The van der Waals surface area contributed by atoms with Crippen molar-refractivity contribution in [1.29, 1.82) is 0 Å². The van der Waals surface area contributed by atoms with Gasteiger partial charge in [0.1, 0.15) is 0 Å². The fourth-order valence-corrected chi connectivity index (χ4v) is 2.20. The lowest BCUT2D eigenvalue weighted by molar-refractivity contribution is 0.0954. The SMILES string of the molecule is C=C(C)[C@H]1CC=C(C)C(=NNC(=O)c2ccccc2)C1. The molecule has 0 bridgehead atoms. The van der Waals surface area contributed by atoms with Gasteiger partial charge in [-0.25, -0.2) is 5.43 Å². The molecule has 3 nitrogen and oxygen atoms in total. The molecule has 1 aromatic carbocycles. The van der Waals surface area contributed by atoms with E-state index < -0.39 is 0 Å². The van der Waals surface area contributed by atoms with Gasteiger partial charge in [-0.3, -0.25) is 4.79 Å². The van der Waals surface area contributed by atoms with E-state index >= 15 is 0 Å². The van der Waals surface area contributed by atoms with Crippen LogP contribution < -0.4 is 5.43 Å². The number of allylic oxidation sites excluding steroid dienone is 3. The van der Waals surface area contributed by atoms with E-state index in [1.54, 1.807) is 12.1 Å². The summed E-state index contributed by atoms with van der Waals surface area (Å²) in [4.78, 5) is 12.0. The zero-order valence-corrected chi connectivity index (χ0v) is 12.0. The lowest BCUT2D eigenvalue weighted by atomic mass is 9.85. The minimum Gasteiger partial charge on any atom is -0.267 e. The van der Waals surface area contributed by atoms with Crippen molar-refractivity contribution in [3.63, 3.8) is 0 Å². The number of hydrazone groups is 1. The molecule has 1 N–H and O–H groups in total. The lowest BCUT2D eigenvalue weighted by Crippen LogP contribution is -2.23. The first-order valence-electron chi connectivity index (χ1n) is 6.82. The first-order valence-corrected chi connectivity index (χ1v) is 6.82. The van der Waals surface area contributed by atoms with Crippen LogP contribution in [0.1, 0.15) is 37.0 Å². The van der Waals surface area contributed by atoms with E-state index in [0.717, 1.165) is 29.7 Å². The van der Waals surface area contributed by atoms with Crippen LogP contribution in [0.5, 0.6) is 0 Å². The van der Waals surface area contributed by atoms with Gasteiger partial charge in [-0.1, -0.05) is 36.4 Å². The molecule has 2 rings (SSSR count). The number of carbonyl (C=O) groups is 1. The standard InChI is InChI=1S/C17H20N2O/c1-12(2)15-10-9-13(3)16(11-15)18-19-17(20)14-7-5-4-6-8-14/h4-9,15H,1,10-11H2,2-3H3,(H,19,20)/t15-/m0/s1. The fourth-order valence-electron chi connectivity index (χ4n) is 2.20. The summed E-state index contributed by atoms with van der Waals surface area (Å²) in [6, 6.07) is 9.11. The van der Waals surface area contributed by atoms with Crippen molar-refractivity contribution in [2.24, 2.45) is 11.0 Å². The minimum atomic E-state index is -0.177. The van der Waals surface area contributed by atoms with Crippen LogP contribution in [-0.4, -0.2) is 11.6 Å². The van der Waals surface area contributed by atoms with Gasteiger partial charge in [0.2, 0.25) is 0 Å². The second-order valence-electron chi connectivity index (χ2n) is 5.24. The minimum absolute atomic E-state index is 0.177. The average Bonchev–Trinajstić information content (AvgIpc) is 2.46. The van der Waals surface area contributed by atoms with Crippen molar-refractivity contribution in [3.8, 4) is 0 Å². The molecule has 0 radical (unpaired) electrons. The highest BCUT2D eigenvalue weighted by atomic mass is 16.2. The molecule has 0 fully saturated rings. The molecule has 20 heavy (non-hydrogen) atoms. The second-order valence-corrected chi connectivity index (χ2v) is 5.24. The van der Waals surface area contributed by atoms with Crippen LogP contribution in [0.15, 0.2) is 59.2 Å². The van der Waals surface area contributed by atoms with Crippen molar-refractivity contribution in [2.75, 3.05) is 0 Å². The molecule has 0 heterocycles. The first kappa shape index (κ1) is 14.3. The van der Waals surface area contributed by atoms with Crippen LogP contribution in [0.3, 0.4) is 0 Å².